The van der Waals surface area contributed by atoms with Crippen LogP contribution < -0.4 is 10.1 Å². The van der Waals surface area contributed by atoms with Crippen molar-refractivity contribution in [3.05, 3.63) is 65.5 Å². The number of carbonyl (C=O) groups excluding carboxylic acids is 1. The molecule has 23 heavy (non-hydrogen) atoms. The van der Waals surface area contributed by atoms with Gasteiger partial charge in [0, 0.05) is 6.54 Å². The molecule has 2 rings (SSSR count). The van der Waals surface area contributed by atoms with Crippen LogP contribution >= 0.6 is 0 Å². The highest BCUT2D eigenvalue weighted by Crippen LogP contribution is 2.22. The van der Waals surface area contributed by atoms with Crippen LogP contribution in [0.2, 0.25) is 0 Å². The Labute approximate surface area is 135 Å². The van der Waals surface area contributed by atoms with E-state index in [0.29, 0.717) is 6.54 Å². The molecule has 1 amide bonds. The van der Waals surface area contributed by atoms with Crippen LogP contribution in [-0.2, 0) is 11.3 Å². The first-order valence-corrected chi connectivity index (χ1v) is 7.38. The lowest BCUT2D eigenvalue weighted by Crippen LogP contribution is -2.28. The zero-order valence-electron chi connectivity index (χ0n) is 13.2. The highest BCUT2D eigenvalue weighted by atomic mass is 19.1. The van der Waals surface area contributed by atoms with Gasteiger partial charge in [0.1, 0.15) is 6.61 Å². The average molecular weight is 317 g/mol. The predicted molar refractivity (Wildman–Crippen MR) is 86.0 cm³/mol. The van der Waals surface area contributed by atoms with Crippen LogP contribution in [0.25, 0.3) is 0 Å². The molecule has 0 aliphatic carbocycles. The molecule has 1 atom stereocenters. The molecular formula is C18H20FNO3. The van der Waals surface area contributed by atoms with Gasteiger partial charge in [0.15, 0.2) is 11.6 Å². The Morgan fingerprint density at radius 3 is 2.61 bits per heavy atom. The van der Waals surface area contributed by atoms with Crippen LogP contribution in [0.1, 0.15) is 24.0 Å². The largest absolute Gasteiger partial charge is 0.494 e. The zero-order valence-corrected chi connectivity index (χ0v) is 13.2. The van der Waals surface area contributed by atoms with Crippen molar-refractivity contribution in [1.82, 2.24) is 5.32 Å². The summed E-state index contributed by atoms with van der Waals surface area (Å²) >= 11 is 0. The standard InChI is InChI=1S/C18H20FNO3/c1-13(15-8-9-17(22-2)16(19)10-15)11-20-18(21)23-12-14-6-4-3-5-7-14/h3-10,13H,11-12H2,1-2H3,(H,20,21). The van der Waals surface area contributed by atoms with Crippen molar-refractivity contribution in [3.8, 4) is 5.75 Å². The van der Waals surface area contributed by atoms with Gasteiger partial charge in [0.2, 0.25) is 0 Å². The van der Waals surface area contributed by atoms with Gasteiger partial charge in [-0.15, -0.1) is 0 Å². The molecular weight excluding hydrogens is 297 g/mol. The zero-order chi connectivity index (χ0) is 16.7. The Morgan fingerprint density at radius 2 is 1.96 bits per heavy atom. The van der Waals surface area contributed by atoms with E-state index < -0.39 is 11.9 Å². The van der Waals surface area contributed by atoms with Crippen LogP contribution in [0.5, 0.6) is 5.75 Å². The molecule has 0 spiro atoms. The van der Waals surface area contributed by atoms with Gasteiger partial charge in [-0.05, 0) is 29.2 Å². The average Bonchev–Trinajstić information content (AvgIpc) is 2.58. The molecule has 0 radical (unpaired) electrons. The lowest BCUT2D eigenvalue weighted by molar-refractivity contribution is 0.139. The molecule has 2 aromatic carbocycles. The minimum absolute atomic E-state index is 0.0420. The smallest absolute Gasteiger partial charge is 0.407 e. The molecule has 5 heteroatoms. The summed E-state index contributed by atoms with van der Waals surface area (Å²) in [6.07, 6.45) is -0.491. The Hall–Kier alpha value is -2.56. The van der Waals surface area contributed by atoms with Crippen molar-refractivity contribution in [1.29, 1.82) is 0 Å². The second-order valence-corrected chi connectivity index (χ2v) is 5.24. The molecule has 0 aliphatic rings. The molecule has 0 aliphatic heterocycles. The van der Waals surface area contributed by atoms with Crippen LogP contribution in [0.3, 0.4) is 0 Å². The Kier molecular flexibility index (Phi) is 5.97. The summed E-state index contributed by atoms with van der Waals surface area (Å²) in [7, 11) is 1.42. The highest BCUT2D eigenvalue weighted by molar-refractivity contribution is 5.67. The summed E-state index contributed by atoms with van der Waals surface area (Å²) in [5, 5.41) is 2.68. The van der Waals surface area contributed by atoms with Crippen molar-refractivity contribution < 1.29 is 18.7 Å². The van der Waals surface area contributed by atoms with E-state index in [2.05, 4.69) is 5.32 Å². The molecule has 0 heterocycles. The van der Waals surface area contributed by atoms with E-state index in [1.807, 2.05) is 37.3 Å². The second-order valence-electron chi connectivity index (χ2n) is 5.24. The summed E-state index contributed by atoms with van der Waals surface area (Å²) in [6, 6.07) is 14.2. The predicted octanol–water partition coefficient (Wildman–Crippen LogP) is 3.86. The molecule has 2 aromatic rings. The third kappa shape index (κ3) is 4.98. The number of methoxy groups -OCH3 is 1. The third-order valence-corrected chi connectivity index (χ3v) is 3.51. The minimum Gasteiger partial charge on any atom is -0.494 e. The summed E-state index contributed by atoms with van der Waals surface area (Å²) in [4.78, 5) is 11.7. The van der Waals surface area contributed by atoms with E-state index in [0.717, 1.165) is 11.1 Å². The Bertz CT molecular complexity index is 646. The van der Waals surface area contributed by atoms with Crippen LogP contribution in [0.15, 0.2) is 48.5 Å². The van der Waals surface area contributed by atoms with Gasteiger partial charge >= 0.3 is 6.09 Å². The first kappa shape index (κ1) is 16.8. The maximum absolute atomic E-state index is 13.7. The summed E-state index contributed by atoms with van der Waals surface area (Å²) < 4.78 is 23.7. The quantitative estimate of drug-likeness (QED) is 0.880. The van der Waals surface area contributed by atoms with Gasteiger partial charge in [0.05, 0.1) is 7.11 Å². The van der Waals surface area contributed by atoms with Crippen molar-refractivity contribution in [2.75, 3.05) is 13.7 Å². The van der Waals surface area contributed by atoms with Crippen molar-refractivity contribution in [2.45, 2.75) is 19.4 Å². The number of ether oxygens (including phenoxy) is 2. The number of nitrogens with one attached hydrogen (secondary N) is 1. The fourth-order valence-electron chi connectivity index (χ4n) is 2.12. The number of carbonyl (C=O) groups is 1. The van der Waals surface area contributed by atoms with E-state index in [9.17, 15) is 9.18 Å². The number of benzene rings is 2. The molecule has 0 fully saturated rings. The van der Waals surface area contributed by atoms with Crippen LogP contribution in [0.4, 0.5) is 9.18 Å². The van der Waals surface area contributed by atoms with Gasteiger partial charge < -0.3 is 14.8 Å². The van der Waals surface area contributed by atoms with E-state index in [1.165, 1.54) is 13.2 Å². The van der Waals surface area contributed by atoms with Crippen molar-refractivity contribution in [3.63, 3.8) is 0 Å². The molecule has 1 unspecified atom stereocenters. The van der Waals surface area contributed by atoms with E-state index in [-0.39, 0.29) is 18.3 Å². The number of rotatable bonds is 6. The third-order valence-electron chi connectivity index (χ3n) is 3.51. The molecule has 0 saturated carbocycles. The first-order valence-electron chi connectivity index (χ1n) is 7.38. The molecule has 0 bridgehead atoms. The number of hydrogen-bond acceptors (Lipinski definition) is 3. The van der Waals surface area contributed by atoms with Crippen LogP contribution in [0, 0.1) is 5.82 Å². The molecule has 0 aromatic heterocycles. The summed E-state index contributed by atoms with van der Waals surface area (Å²) in [6.45, 7) is 2.48. The van der Waals surface area contributed by atoms with Crippen molar-refractivity contribution >= 4 is 6.09 Å². The van der Waals surface area contributed by atoms with Gasteiger partial charge in [-0.3, -0.25) is 0 Å². The first-order chi connectivity index (χ1) is 11.1. The fraction of sp³-hybridized carbons (Fsp3) is 0.278. The van der Waals surface area contributed by atoms with Gasteiger partial charge in [-0.1, -0.05) is 43.3 Å². The Morgan fingerprint density at radius 1 is 1.22 bits per heavy atom. The maximum Gasteiger partial charge on any atom is 0.407 e. The lowest BCUT2D eigenvalue weighted by Gasteiger charge is -2.14. The maximum atomic E-state index is 13.7. The minimum atomic E-state index is -0.491. The highest BCUT2D eigenvalue weighted by Gasteiger charge is 2.11. The summed E-state index contributed by atoms with van der Waals surface area (Å²) in [5.74, 6) is -0.251. The fourth-order valence-corrected chi connectivity index (χ4v) is 2.12. The van der Waals surface area contributed by atoms with E-state index in [4.69, 9.17) is 9.47 Å². The number of alkyl carbamates (subject to hydrolysis) is 1. The molecule has 1 N–H and O–H groups in total. The number of hydrogen-bond donors (Lipinski definition) is 1. The van der Waals surface area contributed by atoms with E-state index in [1.54, 1.807) is 12.1 Å². The molecule has 4 nitrogen and oxygen atoms in total. The van der Waals surface area contributed by atoms with Gasteiger partial charge in [0.25, 0.3) is 0 Å². The van der Waals surface area contributed by atoms with E-state index >= 15 is 0 Å². The summed E-state index contributed by atoms with van der Waals surface area (Å²) in [5.41, 5.74) is 1.71. The van der Waals surface area contributed by atoms with Crippen LogP contribution in [-0.4, -0.2) is 19.7 Å². The van der Waals surface area contributed by atoms with Crippen molar-refractivity contribution in [2.24, 2.45) is 0 Å². The SMILES string of the molecule is COc1ccc(C(C)CNC(=O)OCc2ccccc2)cc1F. The molecule has 122 valence electrons. The number of amides is 1. The number of halogens is 1. The normalized spacial score (nSPS) is 11.6. The topological polar surface area (TPSA) is 47.6 Å². The lowest BCUT2D eigenvalue weighted by atomic mass is 10.0. The monoisotopic (exact) mass is 317 g/mol. The Balaban J connectivity index is 1.80. The van der Waals surface area contributed by atoms with Gasteiger partial charge in [-0.2, -0.15) is 0 Å². The second kappa shape index (κ2) is 8.17. The van der Waals surface area contributed by atoms with Gasteiger partial charge in [-0.25, -0.2) is 9.18 Å². The molecule has 0 saturated heterocycles.